The summed E-state index contributed by atoms with van der Waals surface area (Å²) in [5.41, 5.74) is 0.917. The maximum Gasteiger partial charge on any atom is 0.262 e. The normalized spacial score (nSPS) is 18.3. The van der Waals surface area contributed by atoms with Crippen LogP contribution in [0.5, 0.6) is 5.75 Å². The summed E-state index contributed by atoms with van der Waals surface area (Å²) >= 11 is 0. The first-order valence-corrected chi connectivity index (χ1v) is 9.85. The molecule has 3 rings (SSSR count). The van der Waals surface area contributed by atoms with Gasteiger partial charge in [-0.3, -0.25) is 9.59 Å². The topological polar surface area (TPSA) is 96.0 Å². The van der Waals surface area contributed by atoms with Crippen molar-refractivity contribution in [1.82, 2.24) is 9.21 Å². The van der Waals surface area contributed by atoms with E-state index >= 15 is 0 Å². The average Bonchev–Trinajstić information content (AvgIpc) is 2.60. The Balaban J connectivity index is 1.67. The van der Waals surface area contributed by atoms with E-state index in [0.717, 1.165) is 0 Å². The summed E-state index contributed by atoms with van der Waals surface area (Å²) < 4.78 is 30.9. The average molecular weight is 367 g/mol. The molecule has 2 amide bonds. The standard InChI is InChI=1S/C16H21N3O5S/c1-2-9-25(22,23)19-7-5-18(6-8-19)16(21)12-3-4-14-13(10-12)17-15(20)11-24-14/h3-4,10H,2,5-9,11H2,1H3,(H,17,20). The van der Waals surface area contributed by atoms with Crippen molar-refractivity contribution in [1.29, 1.82) is 0 Å². The van der Waals surface area contributed by atoms with Crippen LogP contribution < -0.4 is 10.1 Å². The number of nitrogens with one attached hydrogen (secondary N) is 1. The van der Waals surface area contributed by atoms with Crippen LogP contribution in [-0.4, -0.2) is 68.0 Å². The Kier molecular flexibility index (Phi) is 4.96. The highest BCUT2D eigenvalue weighted by Gasteiger charge is 2.29. The summed E-state index contributed by atoms with van der Waals surface area (Å²) in [5.74, 6) is 0.222. The lowest BCUT2D eigenvalue weighted by atomic mass is 10.1. The van der Waals surface area contributed by atoms with Gasteiger partial charge in [-0.2, -0.15) is 4.31 Å². The number of amides is 2. The lowest BCUT2D eigenvalue weighted by molar-refractivity contribution is -0.118. The first-order chi connectivity index (χ1) is 11.9. The van der Waals surface area contributed by atoms with Crippen molar-refractivity contribution in [3.8, 4) is 5.75 Å². The molecule has 1 fully saturated rings. The Hall–Kier alpha value is -2.13. The minimum Gasteiger partial charge on any atom is -0.482 e. The van der Waals surface area contributed by atoms with Crippen LogP contribution in [0.15, 0.2) is 18.2 Å². The number of carbonyl (C=O) groups excluding carboxylic acids is 2. The van der Waals surface area contributed by atoms with Crippen LogP contribution in [0.3, 0.4) is 0 Å². The molecule has 0 aromatic heterocycles. The smallest absolute Gasteiger partial charge is 0.262 e. The lowest BCUT2D eigenvalue weighted by Gasteiger charge is -2.34. The van der Waals surface area contributed by atoms with Crippen molar-refractivity contribution in [2.24, 2.45) is 0 Å². The molecule has 1 N–H and O–H groups in total. The lowest BCUT2D eigenvalue weighted by Crippen LogP contribution is -2.51. The number of carbonyl (C=O) groups is 2. The van der Waals surface area contributed by atoms with Crippen LogP contribution >= 0.6 is 0 Å². The van der Waals surface area contributed by atoms with Gasteiger partial charge in [0.15, 0.2) is 6.61 Å². The third-order valence-corrected chi connectivity index (χ3v) is 6.32. The number of hydrogen-bond acceptors (Lipinski definition) is 5. The highest BCUT2D eigenvalue weighted by Crippen LogP contribution is 2.29. The van der Waals surface area contributed by atoms with Gasteiger partial charge >= 0.3 is 0 Å². The van der Waals surface area contributed by atoms with Gasteiger partial charge in [-0.15, -0.1) is 0 Å². The van der Waals surface area contributed by atoms with Gasteiger partial charge in [-0.1, -0.05) is 6.92 Å². The van der Waals surface area contributed by atoms with Gasteiger partial charge in [0, 0.05) is 31.7 Å². The molecule has 2 aliphatic heterocycles. The predicted octanol–water partition coefficient (Wildman–Crippen LogP) is 0.515. The molecule has 136 valence electrons. The quantitative estimate of drug-likeness (QED) is 0.837. The fourth-order valence-corrected chi connectivity index (χ4v) is 4.45. The predicted molar refractivity (Wildman–Crippen MR) is 92.1 cm³/mol. The maximum absolute atomic E-state index is 12.7. The molecule has 0 spiro atoms. The summed E-state index contributed by atoms with van der Waals surface area (Å²) in [6.07, 6.45) is 0.574. The zero-order valence-corrected chi connectivity index (χ0v) is 14.8. The zero-order chi connectivity index (χ0) is 18.0. The van der Waals surface area contributed by atoms with Gasteiger partial charge in [-0.05, 0) is 24.6 Å². The molecular weight excluding hydrogens is 346 g/mol. The van der Waals surface area contributed by atoms with Gasteiger partial charge in [-0.25, -0.2) is 8.42 Å². The van der Waals surface area contributed by atoms with Crippen LogP contribution in [0.1, 0.15) is 23.7 Å². The molecule has 25 heavy (non-hydrogen) atoms. The fraction of sp³-hybridized carbons (Fsp3) is 0.500. The van der Waals surface area contributed by atoms with Crippen molar-refractivity contribution < 1.29 is 22.7 Å². The highest BCUT2D eigenvalue weighted by atomic mass is 32.2. The van der Waals surface area contributed by atoms with Crippen molar-refractivity contribution in [3.63, 3.8) is 0 Å². The zero-order valence-electron chi connectivity index (χ0n) is 14.0. The first-order valence-electron chi connectivity index (χ1n) is 8.24. The molecule has 0 atom stereocenters. The minimum atomic E-state index is -3.23. The van der Waals surface area contributed by atoms with E-state index in [4.69, 9.17) is 4.74 Å². The Morgan fingerprint density at radius 1 is 1.24 bits per heavy atom. The molecule has 1 saturated heterocycles. The van der Waals surface area contributed by atoms with Gasteiger partial charge < -0.3 is 15.0 Å². The summed E-state index contributed by atoms with van der Waals surface area (Å²) in [5, 5.41) is 2.68. The number of nitrogens with zero attached hydrogens (tertiary/aromatic N) is 2. The molecule has 2 heterocycles. The van der Waals surface area contributed by atoms with Crippen molar-refractivity contribution in [2.75, 3.05) is 43.9 Å². The van der Waals surface area contributed by atoms with Crippen molar-refractivity contribution in [3.05, 3.63) is 23.8 Å². The Morgan fingerprint density at radius 3 is 2.64 bits per heavy atom. The molecule has 8 nitrogen and oxygen atoms in total. The molecule has 9 heteroatoms. The number of rotatable bonds is 4. The second-order valence-corrected chi connectivity index (χ2v) is 8.14. The fourth-order valence-electron chi connectivity index (χ4n) is 2.96. The Bertz CT molecular complexity index is 785. The van der Waals surface area contributed by atoms with E-state index in [0.29, 0.717) is 49.6 Å². The maximum atomic E-state index is 12.7. The molecule has 2 aliphatic rings. The van der Waals surface area contributed by atoms with Crippen LogP contribution in [0.2, 0.25) is 0 Å². The summed E-state index contributed by atoms with van der Waals surface area (Å²) in [6.45, 7) is 3.10. The number of benzene rings is 1. The van der Waals surface area contributed by atoms with Crippen molar-refractivity contribution >= 4 is 27.5 Å². The van der Waals surface area contributed by atoms with Crippen LogP contribution in [0, 0.1) is 0 Å². The van der Waals surface area contributed by atoms with Gasteiger partial charge in [0.2, 0.25) is 10.0 Å². The highest BCUT2D eigenvalue weighted by molar-refractivity contribution is 7.89. The molecule has 1 aromatic carbocycles. The third kappa shape index (κ3) is 3.77. The molecule has 0 aliphatic carbocycles. The van der Waals surface area contributed by atoms with E-state index < -0.39 is 10.0 Å². The molecule has 0 unspecified atom stereocenters. The van der Waals surface area contributed by atoms with Crippen LogP contribution in [0.4, 0.5) is 5.69 Å². The van der Waals surface area contributed by atoms with Crippen molar-refractivity contribution in [2.45, 2.75) is 13.3 Å². The van der Waals surface area contributed by atoms with E-state index in [1.165, 1.54) is 4.31 Å². The van der Waals surface area contributed by atoms with Crippen LogP contribution in [-0.2, 0) is 14.8 Å². The Morgan fingerprint density at radius 2 is 1.96 bits per heavy atom. The largest absolute Gasteiger partial charge is 0.482 e. The number of fused-ring (bicyclic) bond motifs is 1. The van der Waals surface area contributed by atoms with Gasteiger partial charge in [0.1, 0.15) is 5.75 Å². The van der Waals surface area contributed by atoms with E-state index in [1.54, 1.807) is 23.1 Å². The first kappa shape index (κ1) is 17.7. The van der Waals surface area contributed by atoms with Crippen LogP contribution in [0.25, 0.3) is 0 Å². The number of anilines is 1. The van der Waals surface area contributed by atoms with E-state index in [9.17, 15) is 18.0 Å². The second kappa shape index (κ2) is 7.01. The summed E-state index contributed by atoms with van der Waals surface area (Å²) in [6, 6.07) is 4.90. The van der Waals surface area contributed by atoms with E-state index in [-0.39, 0.29) is 24.2 Å². The van der Waals surface area contributed by atoms with Gasteiger partial charge in [0.05, 0.1) is 11.4 Å². The SMILES string of the molecule is CCCS(=O)(=O)N1CCN(C(=O)c2ccc3c(c2)NC(=O)CO3)CC1. The van der Waals surface area contributed by atoms with E-state index in [1.807, 2.05) is 6.92 Å². The van der Waals surface area contributed by atoms with E-state index in [2.05, 4.69) is 5.32 Å². The monoisotopic (exact) mass is 367 g/mol. The molecule has 1 aromatic rings. The summed E-state index contributed by atoms with van der Waals surface area (Å²) in [7, 11) is -3.23. The molecule has 0 saturated carbocycles. The van der Waals surface area contributed by atoms with Gasteiger partial charge in [0.25, 0.3) is 11.8 Å². The number of ether oxygens (including phenoxy) is 1. The number of hydrogen-bond donors (Lipinski definition) is 1. The number of sulfonamides is 1. The Labute approximate surface area is 146 Å². The third-order valence-electron chi connectivity index (χ3n) is 4.24. The summed E-state index contributed by atoms with van der Waals surface area (Å²) in [4.78, 5) is 25.7. The molecule has 0 bridgehead atoms. The minimum absolute atomic E-state index is 0.0332. The molecule has 0 radical (unpaired) electrons. The molecular formula is C16H21N3O5S. The second-order valence-electron chi connectivity index (χ2n) is 6.06. The number of piperazine rings is 1.